The Bertz CT molecular complexity index is 763. The quantitative estimate of drug-likeness (QED) is 0.831. The van der Waals surface area contributed by atoms with E-state index in [2.05, 4.69) is 6.07 Å². The Hall–Kier alpha value is -2.62. The molecule has 0 spiro atoms. The van der Waals surface area contributed by atoms with Crippen LogP contribution in [0.5, 0.6) is 11.5 Å². The maximum Gasteiger partial charge on any atom is 0.167 e. The molecule has 4 heteroatoms. The molecule has 0 atom stereocenters. The summed E-state index contributed by atoms with van der Waals surface area (Å²) in [5.41, 5.74) is 4.38. The zero-order chi connectivity index (χ0) is 16.9. The van der Waals surface area contributed by atoms with Crippen molar-refractivity contribution in [2.24, 2.45) is 4.99 Å². The van der Waals surface area contributed by atoms with Crippen molar-refractivity contribution in [3.05, 3.63) is 53.6 Å². The molecule has 0 saturated heterocycles. The Kier molecular flexibility index (Phi) is 4.94. The van der Waals surface area contributed by atoms with Crippen LogP contribution in [-0.4, -0.2) is 25.2 Å². The van der Waals surface area contributed by atoms with Crippen molar-refractivity contribution in [3.8, 4) is 11.5 Å². The SMILES string of the molecule is COc1ccc(N=C2CCCc3ccc(OCC(C)=O)cc32)cc1. The zero-order valence-electron chi connectivity index (χ0n) is 14.0. The Labute approximate surface area is 142 Å². The maximum absolute atomic E-state index is 11.1. The fraction of sp³-hybridized carbons (Fsp3) is 0.300. The number of fused-ring (bicyclic) bond motifs is 1. The van der Waals surface area contributed by atoms with E-state index in [0.29, 0.717) is 5.75 Å². The van der Waals surface area contributed by atoms with E-state index in [1.54, 1.807) is 7.11 Å². The van der Waals surface area contributed by atoms with Crippen LogP contribution in [0.1, 0.15) is 30.9 Å². The molecule has 1 aliphatic carbocycles. The number of Topliss-reactive ketones (excluding diaryl/α,β-unsaturated/α-hetero) is 1. The smallest absolute Gasteiger partial charge is 0.167 e. The van der Waals surface area contributed by atoms with Gasteiger partial charge in [-0.25, -0.2) is 0 Å². The van der Waals surface area contributed by atoms with E-state index in [1.807, 2.05) is 36.4 Å². The van der Waals surface area contributed by atoms with Crippen LogP contribution in [0.25, 0.3) is 0 Å². The molecule has 0 saturated carbocycles. The molecule has 0 aliphatic heterocycles. The summed E-state index contributed by atoms with van der Waals surface area (Å²) in [7, 11) is 1.65. The highest BCUT2D eigenvalue weighted by molar-refractivity contribution is 6.04. The molecule has 24 heavy (non-hydrogen) atoms. The minimum atomic E-state index is 0.0137. The van der Waals surface area contributed by atoms with Gasteiger partial charge in [-0.15, -0.1) is 0 Å². The van der Waals surface area contributed by atoms with Crippen LogP contribution in [0.4, 0.5) is 5.69 Å². The molecule has 0 N–H and O–H groups in total. The predicted octanol–water partition coefficient (Wildman–Crippen LogP) is 4.12. The summed E-state index contributed by atoms with van der Waals surface area (Å²) < 4.78 is 10.7. The number of nitrogens with zero attached hydrogens (tertiary/aromatic N) is 1. The summed E-state index contributed by atoms with van der Waals surface area (Å²) in [6.07, 6.45) is 3.08. The topological polar surface area (TPSA) is 47.9 Å². The maximum atomic E-state index is 11.1. The third kappa shape index (κ3) is 3.82. The highest BCUT2D eigenvalue weighted by atomic mass is 16.5. The number of rotatable bonds is 5. The van der Waals surface area contributed by atoms with Crippen molar-refractivity contribution < 1.29 is 14.3 Å². The molecule has 0 amide bonds. The van der Waals surface area contributed by atoms with Gasteiger partial charge in [-0.1, -0.05) is 6.07 Å². The number of methoxy groups -OCH3 is 1. The fourth-order valence-corrected chi connectivity index (χ4v) is 2.83. The Balaban J connectivity index is 1.89. The van der Waals surface area contributed by atoms with E-state index in [0.717, 1.165) is 42.0 Å². The summed E-state index contributed by atoms with van der Waals surface area (Å²) in [5, 5.41) is 0. The molecule has 0 bridgehead atoms. The van der Waals surface area contributed by atoms with Gasteiger partial charge < -0.3 is 9.47 Å². The third-order valence-corrected chi connectivity index (χ3v) is 4.03. The average Bonchev–Trinajstić information content (AvgIpc) is 2.61. The van der Waals surface area contributed by atoms with Gasteiger partial charge in [-0.3, -0.25) is 9.79 Å². The Morgan fingerprint density at radius 1 is 1.08 bits per heavy atom. The normalized spacial score (nSPS) is 15.0. The molecule has 0 unspecified atom stereocenters. The van der Waals surface area contributed by atoms with E-state index in [1.165, 1.54) is 12.5 Å². The van der Waals surface area contributed by atoms with Crippen LogP contribution in [0.15, 0.2) is 47.5 Å². The van der Waals surface area contributed by atoms with Gasteiger partial charge in [0, 0.05) is 11.3 Å². The molecule has 0 aromatic heterocycles. The molecule has 3 rings (SSSR count). The lowest BCUT2D eigenvalue weighted by Gasteiger charge is -2.19. The van der Waals surface area contributed by atoms with Gasteiger partial charge in [0.15, 0.2) is 5.78 Å². The molecule has 2 aromatic rings. The minimum absolute atomic E-state index is 0.0137. The monoisotopic (exact) mass is 323 g/mol. The van der Waals surface area contributed by atoms with Crippen molar-refractivity contribution in [3.63, 3.8) is 0 Å². The van der Waals surface area contributed by atoms with E-state index in [4.69, 9.17) is 14.5 Å². The molecule has 124 valence electrons. The number of benzene rings is 2. The first-order valence-electron chi connectivity index (χ1n) is 8.13. The summed E-state index contributed by atoms with van der Waals surface area (Å²) in [6.45, 7) is 1.62. The van der Waals surface area contributed by atoms with Gasteiger partial charge in [0.05, 0.1) is 12.8 Å². The molecule has 0 heterocycles. The van der Waals surface area contributed by atoms with Crippen LogP contribution >= 0.6 is 0 Å². The van der Waals surface area contributed by atoms with Crippen molar-refractivity contribution in [2.75, 3.05) is 13.7 Å². The van der Waals surface area contributed by atoms with Gasteiger partial charge in [0.1, 0.15) is 18.1 Å². The molecule has 0 fully saturated rings. The van der Waals surface area contributed by atoms with Gasteiger partial charge in [0.2, 0.25) is 0 Å². The highest BCUT2D eigenvalue weighted by Crippen LogP contribution is 2.28. The molecular formula is C20H21NO3. The standard InChI is InChI=1S/C20H21NO3/c1-14(22)13-24-18-9-6-15-4-3-5-20(19(15)12-18)21-16-7-10-17(23-2)11-8-16/h6-12H,3-5,13H2,1-2H3. The fourth-order valence-electron chi connectivity index (χ4n) is 2.83. The number of aryl methyl sites for hydroxylation is 1. The molecular weight excluding hydrogens is 302 g/mol. The average molecular weight is 323 g/mol. The van der Waals surface area contributed by atoms with Crippen molar-refractivity contribution in [1.82, 2.24) is 0 Å². The lowest BCUT2D eigenvalue weighted by atomic mass is 9.89. The second kappa shape index (κ2) is 7.30. The summed E-state index contributed by atoms with van der Waals surface area (Å²) >= 11 is 0. The summed E-state index contributed by atoms with van der Waals surface area (Å²) in [5.74, 6) is 1.55. The number of ketones is 1. The number of hydrogen-bond acceptors (Lipinski definition) is 4. The molecule has 0 radical (unpaired) electrons. The van der Waals surface area contributed by atoms with Crippen molar-refractivity contribution in [2.45, 2.75) is 26.2 Å². The van der Waals surface area contributed by atoms with E-state index in [9.17, 15) is 4.79 Å². The minimum Gasteiger partial charge on any atom is -0.497 e. The first-order chi connectivity index (χ1) is 11.7. The highest BCUT2D eigenvalue weighted by Gasteiger charge is 2.16. The summed E-state index contributed by atoms with van der Waals surface area (Å²) in [6, 6.07) is 13.7. The molecule has 4 nitrogen and oxygen atoms in total. The van der Waals surface area contributed by atoms with Crippen LogP contribution in [0.3, 0.4) is 0 Å². The van der Waals surface area contributed by atoms with Crippen molar-refractivity contribution in [1.29, 1.82) is 0 Å². The van der Waals surface area contributed by atoms with Gasteiger partial charge >= 0.3 is 0 Å². The second-order valence-corrected chi connectivity index (χ2v) is 5.92. The van der Waals surface area contributed by atoms with E-state index >= 15 is 0 Å². The number of hydrogen-bond donors (Lipinski definition) is 0. The van der Waals surface area contributed by atoms with Gasteiger partial charge in [-0.05, 0) is 68.1 Å². The molecule has 1 aliphatic rings. The number of carbonyl (C=O) groups excluding carboxylic acids is 1. The van der Waals surface area contributed by atoms with E-state index < -0.39 is 0 Å². The lowest BCUT2D eigenvalue weighted by molar-refractivity contribution is -0.118. The van der Waals surface area contributed by atoms with Gasteiger partial charge in [-0.2, -0.15) is 0 Å². The number of aliphatic imine (C=N–C) groups is 1. The van der Waals surface area contributed by atoms with Crippen LogP contribution in [-0.2, 0) is 11.2 Å². The lowest BCUT2D eigenvalue weighted by Crippen LogP contribution is -2.13. The second-order valence-electron chi connectivity index (χ2n) is 5.92. The first kappa shape index (κ1) is 16.2. The van der Waals surface area contributed by atoms with Crippen molar-refractivity contribution >= 4 is 17.2 Å². The largest absolute Gasteiger partial charge is 0.497 e. The van der Waals surface area contributed by atoms with Crippen LogP contribution in [0, 0.1) is 0 Å². The van der Waals surface area contributed by atoms with Crippen LogP contribution < -0.4 is 9.47 Å². The zero-order valence-corrected chi connectivity index (χ0v) is 14.0. The Morgan fingerprint density at radius 3 is 2.54 bits per heavy atom. The number of carbonyl (C=O) groups is 1. The molecule has 2 aromatic carbocycles. The number of ether oxygens (including phenoxy) is 2. The third-order valence-electron chi connectivity index (χ3n) is 4.03. The first-order valence-corrected chi connectivity index (χ1v) is 8.13. The van der Waals surface area contributed by atoms with E-state index in [-0.39, 0.29) is 12.4 Å². The summed E-state index contributed by atoms with van der Waals surface area (Å²) in [4.78, 5) is 15.9. The van der Waals surface area contributed by atoms with Gasteiger partial charge in [0.25, 0.3) is 0 Å². The Morgan fingerprint density at radius 2 is 1.83 bits per heavy atom. The predicted molar refractivity (Wildman–Crippen MR) is 94.7 cm³/mol. The van der Waals surface area contributed by atoms with Crippen LogP contribution in [0.2, 0.25) is 0 Å².